The summed E-state index contributed by atoms with van der Waals surface area (Å²) in [5, 5.41) is 17.8. The molecule has 0 heterocycles. The molecular formula is C16H26O4Sn. The van der Waals surface area contributed by atoms with Gasteiger partial charge < -0.3 is 14.9 Å². The first-order chi connectivity index (χ1) is 10.1. The second kappa shape index (κ2) is 12.8. The van der Waals surface area contributed by atoms with E-state index in [0.29, 0.717) is 0 Å². The Morgan fingerprint density at radius 3 is 2.19 bits per heavy atom. The van der Waals surface area contributed by atoms with Crippen LogP contribution in [0.5, 0.6) is 11.5 Å². The van der Waals surface area contributed by atoms with Gasteiger partial charge in [0.1, 0.15) is 5.56 Å². The summed E-state index contributed by atoms with van der Waals surface area (Å²) in [6, 6.07) is 4.30. The molecule has 118 valence electrons. The second-order valence-electron chi connectivity index (χ2n) is 4.62. The fourth-order valence-electron chi connectivity index (χ4n) is 1.59. The molecule has 0 saturated carbocycles. The average molecular weight is 401 g/mol. The van der Waals surface area contributed by atoms with Crippen molar-refractivity contribution in [2.24, 2.45) is 0 Å². The predicted octanol–water partition coefficient (Wildman–Crippen LogP) is 4.23. The molecule has 0 unspecified atom stereocenters. The number of rotatable bonds is 8. The van der Waals surface area contributed by atoms with E-state index >= 15 is 0 Å². The Kier molecular flexibility index (Phi) is 12.2. The SMILES string of the molecule is CCC[CH2][Sn][CH2]CCC.COc1cccc(C(=O)O)c1O. The van der Waals surface area contributed by atoms with Crippen molar-refractivity contribution in [2.75, 3.05) is 7.11 Å². The van der Waals surface area contributed by atoms with E-state index in [4.69, 9.17) is 9.84 Å². The molecule has 0 atom stereocenters. The van der Waals surface area contributed by atoms with E-state index in [-0.39, 0.29) is 38.2 Å². The molecule has 0 fully saturated rings. The van der Waals surface area contributed by atoms with Gasteiger partial charge in [-0.15, -0.1) is 0 Å². The van der Waals surface area contributed by atoms with Crippen molar-refractivity contribution < 1.29 is 19.7 Å². The zero-order valence-corrected chi connectivity index (χ0v) is 16.0. The number of carboxylic acids is 1. The van der Waals surface area contributed by atoms with Crippen LogP contribution in [0, 0.1) is 0 Å². The topological polar surface area (TPSA) is 66.8 Å². The van der Waals surface area contributed by atoms with Crippen LogP contribution in [0.2, 0.25) is 8.87 Å². The van der Waals surface area contributed by atoms with Gasteiger partial charge in [-0.3, -0.25) is 0 Å². The summed E-state index contributed by atoms with van der Waals surface area (Å²) in [5.41, 5.74) is -0.158. The molecule has 0 aliphatic heterocycles. The summed E-state index contributed by atoms with van der Waals surface area (Å²) < 4.78 is 7.97. The number of carboxylic acid groups (broad SMARTS) is 1. The van der Waals surface area contributed by atoms with E-state index in [2.05, 4.69) is 13.8 Å². The minimum absolute atomic E-state index is 0.149. The number of para-hydroxylation sites is 1. The van der Waals surface area contributed by atoms with Crippen LogP contribution in [0.1, 0.15) is 49.9 Å². The zero-order valence-electron chi connectivity index (χ0n) is 13.2. The molecule has 4 nitrogen and oxygen atoms in total. The Morgan fingerprint density at radius 1 is 1.19 bits per heavy atom. The van der Waals surface area contributed by atoms with Crippen LogP contribution >= 0.6 is 0 Å². The fourth-order valence-corrected chi connectivity index (χ4v) is 5.75. The zero-order chi connectivity index (χ0) is 16.1. The van der Waals surface area contributed by atoms with Gasteiger partial charge in [0.2, 0.25) is 0 Å². The van der Waals surface area contributed by atoms with Crippen LogP contribution in [0.25, 0.3) is 0 Å². The van der Waals surface area contributed by atoms with Crippen LogP contribution in [0.15, 0.2) is 18.2 Å². The van der Waals surface area contributed by atoms with Gasteiger partial charge in [-0.05, 0) is 12.1 Å². The van der Waals surface area contributed by atoms with Crippen molar-refractivity contribution in [2.45, 2.75) is 48.4 Å². The van der Waals surface area contributed by atoms with Crippen molar-refractivity contribution in [1.82, 2.24) is 0 Å². The van der Waals surface area contributed by atoms with Crippen molar-refractivity contribution in [3.63, 3.8) is 0 Å². The average Bonchev–Trinajstić information content (AvgIpc) is 2.48. The van der Waals surface area contributed by atoms with Crippen LogP contribution in [-0.2, 0) is 0 Å². The van der Waals surface area contributed by atoms with Gasteiger partial charge in [0.05, 0.1) is 7.11 Å². The number of methoxy groups -OCH3 is 1. The van der Waals surface area contributed by atoms with Crippen molar-refractivity contribution >= 4 is 27.1 Å². The first-order valence-corrected chi connectivity index (χ1v) is 11.4. The Hall–Kier alpha value is -0.911. The maximum Gasteiger partial charge on any atom is 0.339 e. The first-order valence-electron chi connectivity index (χ1n) is 7.38. The number of carbonyl (C=O) groups is 1. The van der Waals surface area contributed by atoms with Gasteiger partial charge in [0.15, 0.2) is 11.5 Å². The molecule has 1 rings (SSSR count). The fraction of sp³-hybridized carbons (Fsp3) is 0.562. The quantitative estimate of drug-likeness (QED) is 0.506. The summed E-state index contributed by atoms with van der Waals surface area (Å²) in [4.78, 5) is 10.5. The first kappa shape index (κ1) is 20.1. The summed E-state index contributed by atoms with van der Waals surface area (Å²) in [5.74, 6) is -1.35. The van der Waals surface area contributed by atoms with Crippen molar-refractivity contribution in [3.8, 4) is 11.5 Å². The van der Waals surface area contributed by atoms with Crippen LogP contribution in [0.3, 0.4) is 0 Å². The Morgan fingerprint density at radius 2 is 1.76 bits per heavy atom. The summed E-state index contributed by atoms with van der Waals surface area (Å²) in [6.07, 6.45) is 5.84. The number of benzene rings is 1. The molecule has 0 spiro atoms. The van der Waals surface area contributed by atoms with E-state index in [1.165, 1.54) is 51.0 Å². The maximum atomic E-state index is 10.5. The third-order valence-corrected chi connectivity index (χ3v) is 6.90. The van der Waals surface area contributed by atoms with Gasteiger partial charge in [-0.1, -0.05) is 6.07 Å². The molecule has 21 heavy (non-hydrogen) atoms. The molecule has 1 aromatic carbocycles. The molecule has 0 saturated heterocycles. The third-order valence-electron chi connectivity index (χ3n) is 2.86. The van der Waals surface area contributed by atoms with Gasteiger partial charge in [0.25, 0.3) is 0 Å². The number of phenols is 1. The molecule has 0 bridgehead atoms. The van der Waals surface area contributed by atoms with E-state index in [1.807, 2.05) is 0 Å². The second-order valence-corrected chi connectivity index (χ2v) is 8.90. The van der Waals surface area contributed by atoms with Crippen LogP contribution < -0.4 is 4.74 Å². The monoisotopic (exact) mass is 402 g/mol. The summed E-state index contributed by atoms with van der Waals surface area (Å²) in [6.45, 7) is 4.58. The van der Waals surface area contributed by atoms with E-state index < -0.39 is 5.97 Å². The molecule has 1 aromatic rings. The van der Waals surface area contributed by atoms with Gasteiger partial charge in [-0.25, -0.2) is 4.79 Å². The van der Waals surface area contributed by atoms with Crippen molar-refractivity contribution in [1.29, 1.82) is 0 Å². The number of hydrogen-bond donors (Lipinski definition) is 2. The molecule has 0 aliphatic rings. The number of aromatic carboxylic acids is 1. The molecule has 0 aromatic heterocycles. The van der Waals surface area contributed by atoms with Gasteiger partial charge >= 0.3 is 75.5 Å². The minimum atomic E-state index is -1.17. The smallest absolute Gasteiger partial charge is 0.339 e. The standard InChI is InChI=1S/C8H8O4.2C4H9.Sn/c1-12-6-4-2-3-5(7(6)9)8(10)11;2*1-3-4-2;/h2-4,9H,1H3,(H,10,11);2*1,3-4H2,2H3;. The van der Waals surface area contributed by atoms with Gasteiger partial charge in [0, 0.05) is 0 Å². The Labute approximate surface area is 137 Å². The number of unbranched alkanes of at least 4 members (excludes halogenated alkanes) is 2. The normalized spacial score (nSPS) is 9.67. The van der Waals surface area contributed by atoms with Crippen molar-refractivity contribution in [3.05, 3.63) is 23.8 Å². The van der Waals surface area contributed by atoms with Crippen LogP contribution in [0.4, 0.5) is 0 Å². The Balaban J connectivity index is 0.000000400. The summed E-state index contributed by atoms with van der Waals surface area (Å²) >= 11 is 0.149. The third kappa shape index (κ3) is 8.86. The molecular weight excluding hydrogens is 375 g/mol. The van der Waals surface area contributed by atoms with E-state index in [0.717, 1.165) is 0 Å². The predicted molar refractivity (Wildman–Crippen MR) is 86.8 cm³/mol. The number of hydrogen-bond acceptors (Lipinski definition) is 3. The number of aromatic hydroxyl groups is 1. The Bertz CT molecular complexity index is 401. The molecule has 5 heteroatoms. The summed E-state index contributed by atoms with van der Waals surface area (Å²) in [7, 11) is 1.36. The van der Waals surface area contributed by atoms with Gasteiger partial charge in [-0.2, -0.15) is 0 Å². The minimum Gasteiger partial charge on any atom is -0.504 e. The maximum absolute atomic E-state index is 10.5. The molecule has 2 radical (unpaired) electrons. The number of ether oxygens (including phenoxy) is 1. The largest absolute Gasteiger partial charge is 0.504 e. The molecule has 0 aliphatic carbocycles. The van der Waals surface area contributed by atoms with E-state index in [1.54, 1.807) is 8.87 Å². The molecule has 2 N–H and O–H groups in total. The van der Waals surface area contributed by atoms with E-state index in [9.17, 15) is 9.90 Å². The molecule has 0 amide bonds. The van der Waals surface area contributed by atoms with Crippen LogP contribution in [-0.4, -0.2) is 44.4 Å².